The van der Waals surface area contributed by atoms with Crippen molar-refractivity contribution in [2.24, 2.45) is 0 Å². The molecule has 0 saturated carbocycles. The Morgan fingerprint density at radius 2 is 0.581 bits per heavy atom. The van der Waals surface area contributed by atoms with Crippen molar-refractivity contribution in [3.63, 3.8) is 0 Å². The number of Topliss-reactive ketones (excluding diaryl/α,β-unsaturated/α-hetero) is 1. The lowest BCUT2D eigenvalue weighted by atomic mass is 10.0. The predicted molar refractivity (Wildman–Crippen MR) is 449 cm³/mol. The molecule has 0 radical (unpaired) electrons. The van der Waals surface area contributed by atoms with Crippen molar-refractivity contribution in [1.82, 2.24) is 73.2 Å². The molecule has 1 heterocycles. The lowest BCUT2D eigenvalue weighted by Crippen LogP contribution is -2.44. The molecule has 0 unspecified atom stereocenters. The second-order valence-electron chi connectivity index (χ2n) is 29.0. The van der Waals surface area contributed by atoms with Gasteiger partial charge in [-0.25, -0.2) is 23.1 Å². The van der Waals surface area contributed by atoms with Crippen LogP contribution in [0.3, 0.4) is 0 Å². The maximum Gasteiger partial charge on any atom is 0.326 e. The number of ether oxygens (including phenoxy) is 12. The maximum atomic E-state index is 12.7. The van der Waals surface area contributed by atoms with E-state index in [0.29, 0.717) is 45.8 Å². The fourth-order valence-electron chi connectivity index (χ4n) is 11.3. The molecule has 44 heteroatoms. The number of H-pyrrole nitrogens is 1. The number of nitrogens with one attached hydrogen (secondary N) is 11. The molecule has 0 aromatic carbocycles. The summed E-state index contributed by atoms with van der Waals surface area (Å²) in [6, 6.07) is -2.82. The summed E-state index contributed by atoms with van der Waals surface area (Å²) >= 11 is 0. The van der Waals surface area contributed by atoms with Gasteiger partial charge in [-0.2, -0.15) is 0 Å². The van der Waals surface area contributed by atoms with Gasteiger partial charge in [0.25, 0.3) is 0 Å². The summed E-state index contributed by atoms with van der Waals surface area (Å²) in [5, 5.41) is 56.6. The highest BCUT2D eigenvalue weighted by molar-refractivity contribution is 7.90. The number of aromatic nitrogens is 4. The van der Waals surface area contributed by atoms with Crippen molar-refractivity contribution in [3.05, 3.63) is 5.82 Å². The SMILES string of the molecule is CC(=O)COCCOCCNC(=O)COCCOCCNC(=O)COCCOCCNC(=O)COCCOCCNC(=O)COCCOCCNC(=O)COCCOCCNC(=O)CC[C@H](NC(=O)CC[C@H](NC(=O)CCCCCCCCCCCNC(=O)CCCS(=O)(=O)NC(=O)CCCCCCCCCCCCCCCc1nnn[nH]1)C(=O)O)C(=O)O. The number of aliphatic carboxylic acids is 2. The minimum absolute atomic E-state index is 0.0425. The van der Waals surface area contributed by atoms with Crippen LogP contribution in [-0.2, 0) is 136 Å². The first-order valence-electron chi connectivity index (χ1n) is 43.6. The van der Waals surface area contributed by atoms with Crippen molar-refractivity contribution in [2.75, 3.05) is 210 Å². The van der Waals surface area contributed by atoms with Gasteiger partial charge in [0.2, 0.25) is 69.1 Å². The molecule has 1 rings (SSSR count). The number of nitrogens with zero attached hydrogens (tertiary/aromatic N) is 3. The molecule has 43 nitrogen and oxygen atoms in total. The van der Waals surface area contributed by atoms with E-state index < -0.39 is 70.0 Å². The third-order valence-electron chi connectivity index (χ3n) is 17.9. The maximum absolute atomic E-state index is 12.7. The van der Waals surface area contributed by atoms with E-state index in [1.165, 1.54) is 51.9 Å². The molecule has 0 bridgehead atoms. The summed E-state index contributed by atoms with van der Waals surface area (Å²) in [6.07, 6.45) is 22.3. The van der Waals surface area contributed by atoms with Crippen LogP contribution in [0, 0.1) is 0 Å². The zero-order valence-corrected chi connectivity index (χ0v) is 73.7. The number of carbonyl (C=O) groups is 13. The Bertz CT molecular complexity index is 3120. The van der Waals surface area contributed by atoms with Gasteiger partial charge in [0, 0.05) is 84.3 Å². The van der Waals surface area contributed by atoms with Crippen LogP contribution in [0.4, 0.5) is 0 Å². The van der Waals surface area contributed by atoms with E-state index in [2.05, 4.69) is 73.2 Å². The average molecular weight is 1800 g/mol. The zero-order chi connectivity index (χ0) is 90.7. The van der Waals surface area contributed by atoms with Crippen LogP contribution in [0.25, 0.3) is 0 Å². The van der Waals surface area contributed by atoms with Crippen LogP contribution >= 0.6 is 0 Å². The lowest BCUT2D eigenvalue weighted by molar-refractivity contribution is -0.143. The summed E-state index contributed by atoms with van der Waals surface area (Å²) in [5.41, 5.74) is 0. The molecule has 0 spiro atoms. The number of unbranched alkanes of at least 4 members (excludes halogenated alkanes) is 20. The van der Waals surface area contributed by atoms with Crippen molar-refractivity contribution < 1.29 is 138 Å². The minimum Gasteiger partial charge on any atom is -0.480 e. The Balaban J connectivity index is 1.92. The van der Waals surface area contributed by atoms with E-state index in [0.717, 1.165) is 95.7 Å². The highest BCUT2D eigenvalue weighted by atomic mass is 32.2. The molecular formula is C80H144N14O29S. The summed E-state index contributed by atoms with van der Waals surface area (Å²) in [4.78, 5) is 157. The van der Waals surface area contributed by atoms with Gasteiger partial charge in [-0.15, -0.1) is 5.10 Å². The Morgan fingerprint density at radius 1 is 0.306 bits per heavy atom. The molecule has 10 amide bonds. The van der Waals surface area contributed by atoms with Gasteiger partial charge in [-0.05, 0) is 62.3 Å². The highest BCUT2D eigenvalue weighted by Gasteiger charge is 2.25. The fourth-order valence-corrected chi connectivity index (χ4v) is 12.4. The minimum atomic E-state index is -3.82. The third-order valence-corrected chi connectivity index (χ3v) is 19.3. The predicted octanol–water partition coefficient (Wildman–Crippen LogP) is 0.632. The standard InChI is InChI=1S/C80H144N14O29S/c1-65(95)59-118-52-46-113-41-35-83-74(101)61-120-54-48-115-43-37-85-76(103)63-122-56-50-117-45-39-87-78(105)64-123-57-51-116-44-38-86-77(104)62-121-55-49-114-42-36-84-75(102)60-119-53-47-112-40-34-82-70(97)31-29-66(79(106)107)89-72(99)32-30-67(80(108)109)88-71(98)26-21-17-13-10-7-11-15-19-23-33-81-69(96)28-24-58-124(110,111)92-73(100)27-22-18-14-9-6-4-2-3-5-8-12-16-20-25-68-90-93-94-91-68/h66-67H,2-64H2,1H3,(H,81,96)(H,82,97)(H,83,101)(H,84,102)(H,85,103)(H,86,104)(H,87,105)(H,88,98)(H,89,99)(H,92,100)(H,106,107)(H,108,109)(H,90,91,93,94)/t66-,67-/m0/s1. The van der Waals surface area contributed by atoms with E-state index in [1.54, 1.807) is 0 Å². The largest absolute Gasteiger partial charge is 0.480 e. The van der Waals surface area contributed by atoms with Gasteiger partial charge in [0.05, 0.1) is 125 Å². The van der Waals surface area contributed by atoms with Crippen LogP contribution in [0.2, 0.25) is 0 Å². The number of ketones is 1. The first-order chi connectivity index (χ1) is 60.0. The summed E-state index contributed by atoms with van der Waals surface area (Å²) in [6.45, 7) is 5.73. The number of tetrazole rings is 1. The molecule has 714 valence electrons. The number of carboxylic acids is 2. The van der Waals surface area contributed by atoms with Gasteiger partial charge in [0.1, 0.15) is 57.5 Å². The van der Waals surface area contributed by atoms with Crippen molar-refractivity contribution in [2.45, 2.75) is 218 Å². The second-order valence-corrected chi connectivity index (χ2v) is 30.8. The smallest absolute Gasteiger partial charge is 0.326 e. The molecule has 124 heavy (non-hydrogen) atoms. The molecule has 0 saturated heterocycles. The van der Waals surface area contributed by atoms with E-state index >= 15 is 0 Å². The molecule has 1 aromatic rings. The third kappa shape index (κ3) is 78.6. The summed E-state index contributed by atoms with van der Waals surface area (Å²) in [7, 11) is -3.82. The van der Waals surface area contributed by atoms with Crippen molar-refractivity contribution >= 4 is 86.8 Å². The summed E-state index contributed by atoms with van der Waals surface area (Å²) in [5.74, 6) is -6.53. The number of hydrogen-bond acceptors (Lipinski definition) is 30. The van der Waals surface area contributed by atoms with Crippen LogP contribution in [0.1, 0.15) is 205 Å². The molecule has 1 aromatic heterocycles. The number of carbonyl (C=O) groups excluding carboxylic acids is 11. The van der Waals surface area contributed by atoms with Gasteiger partial charge in [-0.1, -0.05) is 116 Å². The number of amides is 10. The number of rotatable bonds is 91. The second kappa shape index (κ2) is 81.9. The monoisotopic (exact) mass is 1800 g/mol. The lowest BCUT2D eigenvalue weighted by Gasteiger charge is -2.17. The fraction of sp³-hybridized carbons (Fsp3) is 0.825. The molecule has 0 aliphatic carbocycles. The Morgan fingerprint density at radius 3 is 0.919 bits per heavy atom. The Hall–Kier alpha value is -8.15. The van der Waals surface area contributed by atoms with Crippen molar-refractivity contribution in [1.29, 1.82) is 0 Å². The molecule has 13 N–H and O–H groups in total. The van der Waals surface area contributed by atoms with Crippen molar-refractivity contribution in [3.8, 4) is 0 Å². The first kappa shape index (κ1) is 114. The van der Waals surface area contributed by atoms with Crippen LogP contribution in [-0.4, -0.2) is 338 Å². The molecular weight excluding hydrogens is 1650 g/mol. The van der Waals surface area contributed by atoms with E-state index in [9.17, 15) is 81.0 Å². The molecule has 0 aliphatic heterocycles. The Kier molecular flexibility index (Phi) is 75.2. The number of aromatic amines is 1. The topological polar surface area (TPSA) is 582 Å². The highest BCUT2D eigenvalue weighted by Crippen LogP contribution is 2.15. The van der Waals surface area contributed by atoms with Gasteiger partial charge in [0.15, 0.2) is 5.78 Å². The average Bonchev–Trinajstić information content (AvgIpc) is 1.38. The van der Waals surface area contributed by atoms with E-state index in [1.807, 2.05) is 0 Å². The Labute approximate surface area is 728 Å². The quantitative estimate of drug-likeness (QED) is 0.0398. The zero-order valence-electron chi connectivity index (χ0n) is 72.9. The number of aryl methyl sites for hydroxylation is 1. The number of carboxylic acid groups (broad SMARTS) is 2. The number of sulfonamides is 1. The summed E-state index contributed by atoms with van der Waals surface area (Å²) < 4.78 is 90.7. The van der Waals surface area contributed by atoms with Gasteiger partial charge in [-0.3, -0.25) is 57.5 Å². The molecule has 0 fully saturated rings. The van der Waals surface area contributed by atoms with Crippen LogP contribution in [0.15, 0.2) is 0 Å². The van der Waals surface area contributed by atoms with Gasteiger partial charge < -0.3 is 115 Å². The van der Waals surface area contributed by atoms with E-state index in [4.69, 9.17) is 56.8 Å². The van der Waals surface area contributed by atoms with E-state index in [-0.39, 0.29) is 257 Å². The van der Waals surface area contributed by atoms with Crippen LogP contribution in [0.5, 0.6) is 0 Å². The first-order valence-corrected chi connectivity index (χ1v) is 45.3. The molecule has 2 atom stereocenters. The van der Waals surface area contributed by atoms with Crippen LogP contribution < -0.4 is 52.6 Å². The van der Waals surface area contributed by atoms with Gasteiger partial charge >= 0.3 is 11.9 Å². The normalized spacial score (nSPS) is 11.8. The number of hydrogen-bond donors (Lipinski definition) is 13. The molecule has 0 aliphatic rings.